The van der Waals surface area contributed by atoms with Gasteiger partial charge in [-0.05, 0) is 75.5 Å². The van der Waals surface area contributed by atoms with Crippen molar-refractivity contribution in [1.82, 2.24) is 5.32 Å². The molecule has 0 spiro atoms. The normalized spacial score (nSPS) is 20.3. The van der Waals surface area contributed by atoms with Crippen LogP contribution >= 0.6 is 0 Å². The maximum absolute atomic E-state index is 13.7. The minimum absolute atomic E-state index is 0.587. The molecule has 23 heavy (non-hydrogen) atoms. The summed E-state index contributed by atoms with van der Waals surface area (Å²) in [5.74, 6) is 0.602. The van der Waals surface area contributed by atoms with Crippen LogP contribution in [0.3, 0.4) is 0 Å². The first-order valence-corrected chi connectivity index (χ1v) is 8.65. The molecular formula is C20H29FN2. The average Bonchev–Trinajstić information content (AvgIpc) is 3.32. The van der Waals surface area contributed by atoms with Crippen LogP contribution in [0.15, 0.2) is 46.8 Å². The van der Waals surface area contributed by atoms with Crippen molar-refractivity contribution in [2.45, 2.75) is 65.0 Å². The maximum Gasteiger partial charge on any atom is 0.105 e. The number of hydrogen-bond acceptors (Lipinski definition) is 2. The lowest BCUT2D eigenvalue weighted by Crippen LogP contribution is -2.21. The van der Waals surface area contributed by atoms with Crippen molar-refractivity contribution >= 4 is 6.21 Å². The third-order valence-electron chi connectivity index (χ3n) is 4.51. The van der Waals surface area contributed by atoms with E-state index in [2.05, 4.69) is 24.9 Å². The van der Waals surface area contributed by atoms with Crippen LogP contribution in [0.2, 0.25) is 0 Å². The minimum atomic E-state index is -1.09. The van der Waals surface area contributed by atoms with Crippen molar-refractivity contribution in [2.75, 3.05) is 0 Å². The number of halogens is 1. The van der Waals surface area contributed by atoms with Gasteiger partial charge in [-0.2, -0.15) is 0 Å². The molecule has 0 aromatic heterocycles. The van der Waals surface area contributed by atoms with Gasteiger partial charge in [0.1, 0.15) is 5.67 Å². The Bertz CT molecular complexity index is 569. The van der Waals surface area contributed by atoms with Gasteiger partial charge in [0.05, 0.1) is 0 Å². The Kier molecular flexibility index (Phi) is 5.61. The molecule has 126 valence electrons. The van der Waals surface area contributed by atoms with Crippen molar-refractivity contribution in [2.24, 2.45) is 5.92 Å². The zero-order chi connectivity index (χ0) is 17.0. The molecule has 1 heterocycles. The molecule has 0 atom stereocenters. The highest BCUT2D eigenvalue weighted by atomic mass is 19.1. The molecule has 1 aliphatic heterocycles. The fourth-order valence-electron chi connectivity index (χ4n) is 2.91. The summed E-state index contributed by atoms with van der Waals surface area (Å²) in [6.45, 7) is 9.41. The lowest BCUT2D eigenvalue weighted by atomic mass is 9.94. The summed E-state index contributed by atoms with van der Waals surface area (Å²) in [6, 6.07) is 0. The largest absolute Gasteiger partial charge is 0.358 e. The lowest BCUT2D eigenvalue weighted by Gasteiger charge is -2.23. The topological polar surface area (TPSA) is 35.9 Å². The summed E-state index contributed by atoms with van der Waals surface area (Å²) in [7, 11) is 0. The summed E-state index contributed by atoms with van der Waals surface area (Å²) in [5, 5.41) is 11.2. The van der Waals surface area contributed by atoms with Crippen LogP contribution in [0.5, 0.6) is 0 Å². The molecule has 1 aliphatic carbocycles. The van der Waals surface area contributed by atoms with E-state index in [0.717, 1.165) is 36.1 Å². The van der Waals surface area contributed by atoms with Gasteiger partial charge in [-0.1, -0.05) is 19.6 Å². The molecule has 1 saturated carbocycles. The third-order valence-corrected chi connectivity index (χ3v) is 4.51. The molecule has 3 heteroatoms. The molecule has 0 aromatic carbocycles. The standard InChI is InChI=1S/C20H29FN2/c1-5-14(2)17(13-22)18-11-10-15(7-6-12-20(3,4)21)19(23-18)16-8-9-16/h10-11,13,16,22-23H,2,5-9,12H2,1,3-4H3/b18-17+,22-13?. The molecule has 2 nitrogen and oxygen atoms in total. The Hall–Kier alpha value is -1.64. The highest BCUT2D eigenvalue weighted by Gasteiger charge is 2.30. The summed E-state index contributed by atoms with van der Waals surface area (Å²) >= 11 is 0. The van der Waals surface area contributed by atoms with E-state index < -0.39 is 5.67 Å². The van der Waals surface area contributed by atoms with Crippen molar-refractivity contribution < 1.29 is 4.39 Å². The van der Waals surface area contributed by atoms with Crippen LogP contribution in [-0.2, 0) is 0 Å². The van der Waals surface area contributed by atoms with Gasteiger partial charge >= 0.3 is 0 Å². The van der Waals surface area contributed by atoms with Crippen LogP contribution in [0.25, 0.3) is 0 Å². The summed E-state index contributed by atoms with van der Waals surface area (Å²) in [5.41, 5.74) is 4.32. The van der Waals surface area contributed by atoms with Crippen molar-refractivity contribution in [3.8, 4) is 0 Å². The summed E-state index contributed by atoms with van der Waals surface area (Å²) < 4.78 is 13.7. The molecule has 0 unspecified atom stereocenters. The molecule has 0 amide bonds. The van der Waals surface area contributed by atoms with Gasteiger partial charge in [0.15, 0.2) is 0 Å². The monoisotopic (exact) mass is 316 g/mol. The number of hydrogen-bond donors (Lipinski definition) is 2. The van der Waals surface area contributed by atoms with Gasteiger partial charge in [-0.15, -0.1) is 0 Å². The fourth-order valence-corrected chi connectivity index (χ4v) is 2.91. The number of allylic oxidation sites excluding steroid dienone is 6. The highest BCUT2D eigenvalue weighted by Crippen LogP contribution is 2.40. The Morgan fingerprint density at radius 2 is 2.13 bits per heavy atom. The van der Waals surface area contributed by atoms with E-state index in [1.807, 2.05) is 6.08 Å². The van der Waals surface area contributed by atoms with Gasteiger partial charge in [0.25, 0.3) is 0 Å². The quantitative estimate of drug-likeness (QED) is 0.562. The van der Waals surface area contributed by atoms with Gasteiger partial charge in [0, 0.05) is 23.2 Å². The number of dihydropyridines is 1. The Morgan fingerprint density at radius 3 is 2.65 bits per heavy atom. The number of alkyl halides is 1. The van der Waals surface area contributed by atoms with Gasteiger partial charge in [-0.25, -0.2) is 4.39 Å². The van der Waals surface area contributed by atoms with Crippen LogP contribution in [0.4, 0.5) is 4.39 Å². The van der Waals surface area contributed by atoms with E-state index >= 15 is 0 Å². The van der Waals surface area contributed by atoms with Crippen LogP contribution in [0.1, 0.15) is 59.3 Å². The van der Waals surface area contributed by atoms with Gasteiger partial charge in [-0.3, -0.25) is 0 Å². The SMILES string of the molecule is C=C(CC)/C(C=N)=C1\C=CC(CCCC(C)(C)F)=C(C2CC2)N1. The molecule has 1 fully saturated rings. The van der Waals surface area contributed by atoms with Crippen LogP contribution < -0.4 is 5.32 Å². The molecule has 0 saturated heterocycles. The van der Waals surface area contributed by atoms with Gasteiger partial charge in [0.2, 0.25) is 0 Å². The predicted molar refractivity (Wildman–Crippen MR) is 96.3 cm³/mol. The van der Waals surface area contributed by atoms with Crippen LogP contribution in [-0.4, -0.2) is 11.9 Å². The molecule has 2 N–H and O–H groups in total. The third kappa shape index (κ3) is 4.92. The smallest absolute Gasteiger partial charge is 0.105 e. The number of rotatable bonds is 8. The average molecular weight is 316 g/mol. The predicted octanol–water partition coefficient (Wildman–Crippen LogP) is 5.60. The van der Waals surface area contributed by atoms with E-state index in [1.54, 1.807) is 13.8 Å². The molecular weight excluding hydrogens is 287 g/mol. The zero-order valence-corrected chi connectivity index (χ0v) is 14.6. The maximum atomic E-state index is 13.7. The second-order valence-corrected chi connectivity index (χ2v) is 7.17. The Labute approximate surface area is 139 Å². The second-order valence-electron chi connectivity index (χ2n) is 7.17. The van der Waals surface area contributed by atoms with E-state index in [9.17, 15) is 4.39 Å². The zero-order valence-electron chi connectivity index (χ0n) is 14.6. The second kappa shape index (κ2) is 7.29. The van der Waals surface area contributed by atoms with E-state index in [0.29, 0.717) is 12.3 Å². The van der Waals surface area contributed by atoms with Crippen LogP contribution in [0, 0.1) is 11.3 Å². The van der Waals surface area contributed by atoms with Crippen molar-refractivity contribution in [3.63, 3.8) is 0 Å². The lowest BCUT2D eigenvalue weighted by molar-refractivity contribution is 0.197. The highest BCUT2D eigenvalue weighted by molar-refractivity contribution is 5.84. The Balaban J connectivity index is 2.15. The molecule has 2 rings (SSSR count). The van der Waals surface area contributed by atoms with E-state index in [-0.39, 0.29) is 0 Å². The van der Waals surface area contributed by atoms with Gasteiger partial charge < -0.3 is 10.7 Å². The van der Waals surface area contributed by atoms with Crippen molar-refractivity contribution in [1.29, 1.82) is 5.41 Å². The molecule has 0 aromatic rings. The first-order chi connectivity index (χ1) is 10.9. The van der Waals surface area contributed by atoms with Crippen molar-refractivity contribution in [3.05, 3.63) is 46.8 Å². The minimum Gasteiger partial charge on any atom is -0.358 e. The van der Waals surface area contributed by atoms with E-state index in [1.165, 1.54) is 30.3 Å². The summed E-state index contributed by atoms with van der Waals surface area (Å²) in [6.07, 6.45) is 11.2. The first-order valence-electron chi connectivity index (χ1n) is 8.65. The van der Waals surface area contributed by atoms with E-state index in [4.69, 9.17) is 5.41 Å². The summed E-state index contributed by atoms with van der Waals surface area (Å²) in [4.78, 5) is 0. The number of nitrogens with one attached hydrogen (secondary N) is 2. The fraction of sp³-hybridized carbons (Fsp3) is 0.550. The molecule has 0 bridgehead atoms. The first kappa shape index (κ1) is 17.7. The Morgan fingerprint density at radius 1 is 1.43 bits per heavy atom. The molecule has 0 radical (unpaired) electrons. The molecule has 2 aliphatic rings.